The number of aromatic nitrogens is 2. The number of aliphatic hydroxyl groups is 1. The van der Waals surface area contributed by atoms with E-state index in [1.54, 1.807) is 0 Å². The molecule has 2 rings (SSSR count). The first kappa shape index (κ1) is 13.6. The van der Waals surface area contributed by atoms with Crippen molar-refractivity contribution in [3.63, 3.8) is 0 Å². The second kappa shape index (κ2) is 5.85. The lowest BCUT2D eigenvalue weighted by Gasteiger charge is -2.28. The number of hydrogen-bond acceptors (Lipinski definition) is 3. The topological polar surface area (TPSA) is 50.1 Å². The van der Waals surface area contributed by atoms with E-state index in [9.17, 15) is 5.11 Å². The van der Waals surface area contributed by atoms with Gasteiger partial charge in [-0.05, 0) is 19.8 Å². The zero-order valence-corrected chi connectivity index (χ0v) is 11.5. The predicted molar refractivity (Wildman–Crippen MR) is 72.3 cm³/mol. The minimum atomic E-state index is -0.518. The summed E-state index contributed by atoms with van der Waals surface area (Å²) < 4.78 is 2.02. The van der Waals surface area contributed by atoms with E-state index in [2.05, 4.69) is 17.2 Å². The molecule has 0 amide bonds. The number of aryl methyl sites for hydroxylation is 1. The summed E-state index contributed by atoms with van der Waals surface area (Å²) in [7, 11) is 2.00. The Kier molecular flexibility index (Phi) is 4.40. The van der Waals surface area contributed by atoms with Gasteiger partial charge in [-0.1, -0.05) is 25.7 Å². The Balaban J connectivity index is 1.88. The van der Waals surface area contributed by atoms with E-state index in [1.807, 2.05) is 24.0 Å². The fraction of sp³-hybridized carbons (Fsp3) is 0.786. The van der Waals surface area contributed by atoms with E-state index in [1.165, 1.54) is 12.8 Å². The van der Waals surface area contributed by atoms with E-state index in [0.717, 1.165) is 31.5 Å². The third-order valence-electron chi connectivity index (χ3n) is 4.02. The highest BCUT2D eigenvalue weighted by Crippen LogP contribution is 2.27. The monoisotopic (exact) mass is 251 g/mol. The van der Waals surface area contributed by atoms with Crippen LogP contribution in [0.3, 0.4) is 0 Å². The van der Waals surface area contributed by atoms with Gasteiger partial charge in [-0.15, -0.1) is 0 Å². The number of rotatable bonds is 4. The zero-order chi connectivity index (χ0) is 13.0. The standard InChI is InChI=1S/C14H25N3O/c1-12(13-15-9-10-17(13)2)16-11-14(18)7-5-3-4-6-8-14/h9-10,12,16,18H,3-8,11H2,1-2H3. The summed E-state index contributed by atoms with van der Waals surface area (Å²) in [5, 5.41) is 14.0. The van der Waals surface area contributed by atoms with Gasteiger partial charge in [0.25, 0.3) is 0 Å². The molecule has 0 radical (unpaired) electrons. The Hall–Kier alpha value is -0.870. The van der Waals surface area contributed by atoms with Gasteiger partial charge in [0.2, 0.25) is 0 Å². The SMILES string of the molecule is CC(NCC1(O)CCCCCC1)c1nccn1C. The lowest BCUT2D eigenvalue weighted by molar-refractivity contribution is 0.0228. The molecule has 18 heavy (non-hydrogen) atoms. The fourth-order valence-electron chi connectivity index (χ4n) is 2.79. The minimum absolute atomic E-state index is 0.178. The second-order valence-electron chi connectivity index (χ2n) is 5.64. The Morgan fingerprint density at radius 3 is 2.61 bits per heavy atom. The van der Waals surface area contributed by atoms with Crippen molar-refractivity contribution in [2.45, 2.75) is 57.1 Å². The first-order valence-electron chi connectivity index (χ1n) is 7.04. The molecule has 102 valence electrons. The lowest BCUT2D eigenvalue weighted by atomic mass is 9.94. The molecule has 1 unspecified atom stereocenters. The van der Waals surface area contributed by atoms with Crippen molar-refractivity contribution < 1.29 is 5.11 Å². The molecule has 2 N–H and O–H groups in total. The van der Waals surface area contributed by atoms with Crippen LogP contribution in [0.15, 0.2) is 12.4 Å². The largest absolute Gasteiger partial charge is 0.389 e. The maximum atomic E-state index is 10.6. The molecule has 0 bridgehead atoms. The van der Waals surface area contributed by atoms with Crippen LogP contribution < -0.4 is 5.32 Å². The van der Waals surface area contributed by atoms with Gasteiger partial charge in [-0.2, -0.15) is 0 Å². The van der Waals surface area contributed by atoms with Crippen molar-refractivity contribution in [1.29, 1.82) is 0 Å². The highest BCUT2D eigenvalue weighted by molar-refractivity contribution is 4.98. The summed E-state index contributed by atoms with van der Waals surface area (Å²) >= 11 is 0. The van der Waals surface area contributed by atoms with Crippen LogP contribution in [0, 0.1) is 0 Å². The van der Waals surface area contributed by atoms with Gasteiger partial charge in [-0.3, -0.25) is 0 Å². The van der Waals surface area contributed by atoms with Crippen LogP contribution in [0.25, 0.3) is 0 Å². The lowest BCUT2D eigenvalue weighted by Crippen LogP contribution is -2.41. The van der Waals surface area contributed by atoms with Gasteiger partial charge in [0.1, 0.15) is 5.82 Å². The van der Waals surface area contributed by atoms with Crippen molar-refractivity contribution in [3.05, 3.63) is 18.2 Å². The molecule has 1 aliphatic rings. The van der Waals surface area contributed by atoms with Gasteiger partial charge in [0.15, 0.2) is 0 Å². The predicted octanol–water partition coefficient (Wildman–Crippen LogP) is 2.16. The van der Waals surface area contributed by atoms with Crippen molar-refractivity contribution in [2.24, 2.45) is 7.05 Å². The Morgan fingerprint density at radius 1 is 1.39 bits per heavy atom. The van der Waals surface area contributed by atoms with Crippen LogP contribution in [-0.4, -0.2) is 26.8 Å². The maximum Gasteiger partial charge on any atom is 0.125 e. The molecular weight excluding hydrogens is 226 g/mol. The van der Waals surface area contributed by atoms with E-state index < -0.39 is 5.60 Å². The van der Waals surface area contributed by atoms with Gasteiger partial charge in [0, 0.05) is 26.0 Å². The van der Waals surface area contributed by atoms with E-state index >= 15 is 0 Å². The van der Waals surface area contributed by atoms with Crippen molar-refractivity contribution in [2.75, 3.05) is 6.54 Å². The summed E-state index contributed by atoms with van der Waals surface area (Å²) in [5.74, 6) is 1.02. The quantitative estimate of drug-likeness (QED) is 0.806. The first-order chi connectivity index (χ1) is 8.61. The summed E-state index contributed by atoms with van der Waals surface area (Å²) in [6.45, 7) is 2.77. The summed E-state index contributed by atoms with van der Waals surface area (Å²) in [5.41, 5.74) is -0.518. The number of imidazole rings is 1. The van der Waals surface area contributed by atoms with Gasteiger partial charge in [0.05, 0.1) is 11.6 Å². The summed E-state index contributed by atoms with van der Waals surface area (Å²) in [6.07, 6.45) is 10.4. The van der Waals surface area contributed by atoms with Crippen molar-refractivity contribution in [3.8, 4) is 0 Å². The first-order valence-corrected chi connectivity index (χ1v) is 7.04. The zero-order valence-electron chi connectivity index (χ0n) is 11.5. The normalized spacial score (nSPS) is 21.5. The third kappa shape index (κ3) is 3.33. The maximum absolute atomic E-state index is 10.6. The fourth-order valence-corrected chi connectivity index (χ4v) is 2.79. The molecule has 4 heteroatoms. The van der Waals surface area contributed by atoms with E-state index in [4.69, 9.17) is 0 Å². The smallest absolute Gasteiger partial charge is 0.125 e. The molecule has 1 aromatic rings. The number of nitrogens with zero attached hydrogens (tertiary/aromatic N) is 2. The van der Waals surface area contributed by atoms with Crippen LogP contribution >= 0.6 is 0 Å². The second-order valence-corrected chi connectivity index (χ2v) is 5.64. The van der Waals surface area contributed by atoms with Crippen LogP contribution in [0.2, 0.25) is 0 Å². The molecule has 1 fully saturated rings. The highest BCUT2D eigenvalue weighted by Gasteiger charge is 2.28. The Morgan fingerprint density at radius 2 is 2.06 bits per heavy atom. The molecule has 1 heterocycles. The molecule has 1 aliphatic carbocycles. The van der Waals surface area contributed by atoms with Crippen LogP contribution in [0.5, 0.6) is 0 Å². The molecule has 0 aromatic carbocycles. The number of nitrogens with one attached hydrogen (secondary N) is 1. The summed E-state index contributed by atoms with van der Waals surface area (Å²) in [6, 6.07) is 0.178. The van der Waals surface area contributed by atoms with Gasteiger partial charge < -0.3 is 15.0 Å². The third-order valence-corrected chi connectivity index (χ3v) is 4.02. The average molecular weight is 251 g/mol. The molecule has 1 saturated carbocycles. The van der Waals surface area contributed by atoms with E-state index in [-0.39, 0.29) is 6.04 Å². The minimum Gasteiger partial charge on any atom is -0.389 e. The van der Waals surface area contributed by atoms with E-state index in [0.29, 0.717) is 6.54 Å². The van der Waals surface area contributed by atoms with Crippen molar-refractivity contribution >= 4 is 0 Å². The summed E-state index contributed by atoms with van der Waals surface area (Å²) in [4.78, 5) is 4.34. The molecule has 0 saturated heterocycles. The molecule has 4 nitrogen and oxygen atoms in total. The Labute approximate surface area is 109 Å². The van der Waals surface area contributed by atoms with Crippen LogP contribution in [0.1, 0.15) is 57.3 Å². The Bertz CT molecular complexity index is 367. The van der Waals surface area contributed by atoms with Crippen LogP contribution in [0.4, 0.5) is 0 Å². The van der Waals surface area contributed by atoms with Crippen LogP contribution in [-0.2, 0) is 7.05 Å². The van der Waals surface area contributed by atoms with Gasteiger partial charge >= 0.3 is 0 Å². The number of hydrogen-bond donors (Lipinski definition) is 2. The average Bonchev–Trinajstić information content (AvgIpc) is 2.65. The van der Waals surface area contributed by atoms with Crippen molar-refractivity contribution in [1.82, 2.24) is 14.9 Å². The molecule has 0 spiro atoms. The molecular formula is C14H25N3O. The molecule has 1 aromatic heterocycles. The molecule has 0 aliphatic heterocycles. The van der Waals surface area contributed by atoms with Gasteiger partial charge in [-0.25, -0.2) is 4.98 Å². The molecule has 1 atom stereocenters. The highest BCUT2D eigenvalue weighted by atomic mass is 16.3.